The smallest absolute Gasteiger partial charge is 0.311 e. The first kappa shape index (κ1) is 21.0. The number of pyridine rings is 1. The Kier molecular flexibility index (Phi) is 6.45. The molecule has 3 rings (SSSR count). The second-order valence-electron chi connectivity index (χ2n) is 6.26. The van der Waals surface area contributed by atoms with Crippen molar-refractivity contribution in [1.29, 1.82) is 5.26 Å². The van der Waals surface area contributed by atoms with Crippen LogP contribution in [0, 0.1) is 11.3 Å². The first-order valence-electron chi connectivity index (χ1n) is 9.17. The Morgan fingerprint density at radius 2 is 1.80 bits per heavy atom. The summed E-state index contributed by atoms with van der Waals surface area (Å²) in [6.07, 6.45) is -0.138. The summed E-state index contributed by atoms with van der Waals surface area (Å²) >= 11 is 0. The lowest BCUT2D eigenvalue weighted by molar-refractivity contribution is -0.142. The largest absolute Gasteiger partial charge is 0.466 e. The van der Waals surface area contributed by atoms with E-state index in [1.54, 1.807) is 25.1 Å². The molecule has 0 saturated carbocycles. The van der Waals surface area contributed by atoms with Gasteiger partial charge in [0.25, 0.3) is 10.0 Å². The van der Waals surface area contributed by atoms with Gasteiger partial charge in [-0.3, -0.25) is 9.52 Å². The molecule has 0 atom stereocenters. The molecule has 0 radical (unpaired) electrons. The third-order valence-electron chi connectivity index (χ3n) is 4.19. The van der Waals surface area contributed by atoms with E-state index in [9.17, 15) is 18.5 Å². The number of nitrogens with one attached hydrogen (secondary N) is 1. The van der Waals surface area contributed by atoms with Crippen LogP contribution in [0.5, 0.6) is 0 Å². The number of anilines is 1. The minimum atomic E-state index is -4.11. The van der Waals surface area contributed by atoms with Crippen molar-refractivity contribution in [3.05, 3.63) is 78.0 Å². The molecule has 152 valence electrons. The highest BCUT2D eigenvalue weighted by Crippen LogP contribution is 2.32. The first-order chi connectivity index (χ1) is 14.4. The van der Waals surface area contributed by atoms with Gasteiger partial charge in [-0.1, -0.05) is 48.5 Å². The van der Waals surface area contributed by atoms with E-state index in [4.69, 9.17) is 4.74 Å². The number of nitrogens with zero attached hydrogens (tertiary/aromatic N) is 2. The molecular formula is C22H19N3O4S. The van der Waals surface area contributed by atoms with Crippen LogP contribution in [0.1, 0.15) is 18.2 Å². The molecule has 0 saturated heterocycles. The summed E-state index contributed by atoms with van der Waals surface area (Å²) in [7, 11) is -4.11. The van der Waals surface area contributed by atoms with Crippen molar-refractivity contribution in [2.75, 3.05) is 11.3 Å². The molecule has 1 N–H and O–H groups in total. The van der Waals surface area contributed by atoms with Gasteiger partial charge in [-0.05, 0) is 30.7 Å². The average Bonchev–Trinajstić information content (AvgIpc) is 2.74. The number of rotatable bonds is 7. The van der Waals surface area contributed by atoms with Crippen LogP contribution in [-0.2, 0) is 26.0 Å². The molecule has 0 unspecified atom stereocenters. The Bertz CT molecular complexity index is 1200. The Morgan fingerprint density at radius 3 is 2.50 bits per heavy atom. The van der Waals surface area contributed by atoms with Gasteiger partial charge in [-0.25, -0.2) is 4.98 Å². The zero-order valence-electron chi connectivity index (χ0n) is 16.2. The van der Waals surface area contributed by atoms with Crippen molar-refractivity contribution < 1.29 is 17.9 Å². The van der Waals surface area contributed by atoms with Gasteiger partial charge in [0.1, 0.15) is 6.07 Å². The van der Waals surface area contributed by atoms with Crippen molar-refractivity contribution in [3.63, 3.8) is 0 Å². The predicted octanol–water partition coefficient (Wildman–Crippen LogP) is 3.53. The molecule has 0 spiro atoms. The second kappa shape index (κ2) is 9.20. The molecular weight excluding hydrogens is 402 g/mol. The number of carbonyl (C=O) groups excluding carboxylic acids is 1. The van der Waals surface area contributed by atoms with Crippen molar-refractivity contribution in [2.24, 2.45) is 0 Å². The number of para-hydroxylation sites is 1. The Balaban J connectivity index is 1.99. The van der Waals surface area contributed by atoms with Crippen molar-refractivity contribution in [2.45, 2.75) is 18.4 Å². The maximum Gasteiger partial charge on any atom is 0.311 e. The zero-order valence-corrected chi connectivity index (χ0v) is 17.0. The average molecular weight is 421 g/mol. The molecule has 3 aromatic rings. The van der Waals surface area contributed by atoms with Crippen LogP contribution in [0.3, 0.4) is 0 Å². The van der Waals surface area contributed by atoms with Gasteiger partial charge < -0.3 is 4.74 Å². The highest BCUT2D eigenvalue weighted by molar-refractivity contribution is 7.92. The number of benzene rings is 2. The lowest BCUT2D eigenvalue weighted by atomic mass is 10.0. The van der Waals surface area contributed by atoms with Crippen LogP contribution in [0.2, 0.25) is 0 Å². The van der Waals surface area contributed by atoms with Crippen LogP contribution in [0.4, 0.5) is 5.69 Å². The summed E-state index contributed by atoms with van der Waals surface area (Å²) in [5.74, 6) is -0.492. The van der Waals surface area contributed by atoms with E-state index in [0.29, 0.717) is 5.56 Å². The van der Waals surface area contributed by atoms with Gasteiger partial charge in [-0.15, -0.1) is 0 Å². The summed E-state index contributed by atoms with van der Waals surface area (Å²) in [5, 5.41) is 9.25. The maximum atomic E-state index is 13.0. The number of ether oxygens (including phenoxy) is 1. The fourth-order valence-corrected chi connectivity index (χ4v) is 3.95. The number of hydrogen-bond donors (Lipinski definition) is 1. The lowest BCUT2D eigenvalue weighted by Gasteiger charge is -2.14. The Morgan fingerprint density at radius 1 is 1.07 bits per heavy atom. The monoisotopic (exact) mass is 421 g/mol. The normalized spacial score (nSPS) is 10.8. The Hall–Kier alpha value is -3.70. The van der Waals surface area contributed by atoms with Crippen molar-refractivity contribution in [3.8, 4) is 17.2 Å². The molecule has 0 amide bonds. The Labute approximate surface area is 175 Å². The third kappa shape index (κ3) is 4.82. The van der Waals surface area contributed by atoms with Gasteiger partial charge in [0, 0.05) is 5.56 Å². The van der Waals surface area contributed by atoms with Crippen LogP contribution in [0.25, 0.3) is 11.1 Å². The van der Waals surface area contributed by atoms with E-state index < -0.39 is 16.0 Å². The fourth-order valence-electron chi connectivity index (χ4n) is 2.87. The summed E-state index contributed by atoms with van der Waals surface area (Å²) < 4.78 is 33.4. The highest BCUT2D eigenvalue weighted by Gasteiger charge is 2.21. The lowest BCUT2D eigenvalue weighted by Crippen LogP contribution is -2.17. The second-order valence-corrected chi connectivity index (χ2v) is 7.89. The van der Waals surface area contributed by atoms with Crippen LogP contribution >= 0.6 is 0 Å². The van der Waals surface area contributed by atoms with Gasteiger partial charge in [-0.2, -0.15) is 13.7 Å². The number of hydrogen-bond acceptors (Lipinski definition) is 6. The van der Waals surface area contributed by atoms with E-state index in [0.717, 1.165) is 5.56 Å². The first-order valence-corrected chi connectivity index (χ1v) is 10.7. The van der Waals surface area contributed by atoms with Crippen molar-refractivity contribution in [1.82, 2.24) is 4.98 Å². The standard InChI is InChI=1S/C22H19N3O4S/c1-2-29-21(26)14-18-11-7-13-20(24-18)30(27,28)25-22-17(15-23)10-6-12-19(22)16-8-4-3-5-9-16/h3-13,25H,2,14H2,1H3. The fraction of sp³-hybridized carbons (Fsp3) is 0.136. The molecule has 0 bridgehead atoms. The van der Waals surface area contributed by atoms with Crippen LogP contribution < -0.4 is 4.72 Å². The molecule has 0 aliphatic rings. The summed E-state index contributed by atoms with van der Waals surface area (Å²) in [4.78, 5) is 15.8. The quantitative estimate of drug-likeness (QED) is 0.585. The van der Waals surface area contributed by atoms with E-state index in [2.05, 4.69) is 9.71 Å². The molecule has 30 heavy (non-hydrogen) atoms. The summed E-state index contributed by atoms with van der Waals surface area (Å²) in [6, 6.07) is 20.5. The van der Waals surface area contributed by atoms with E-state index >= 15 is 0 Å². The molecule has 0 aliphatic carbocycles. The molecule has 8 heteroatoms. The van der Waals surface area contributed by atoms with E-state index in [-0.39, 0.29) is 35.0 Å². The molecule has 0 fully saturated rings. The minimum Gasteiger partial charge on any atom is -0.466 e. The topological polar surface area (TPSA) is 109 Å². The molecule has 7 nitrogen and oxygen atoms in total. The van der Waals surface area contributed by atoms with Gasteiger partial charge >= 0.3 is 5.97 Å². The molecule has 1 aromatic heterocycles. The van der Waals surface area contributed by atoms with Gasteiger partial charge in [0.15, 0.2) is 5.03 Å². The summed E-state index contributed by atoms with van der Waals surface area (Å²) in [5.41, 5.74) is 1.96. The third-order valence-corrected chi connectivity index (χ3v) is 5.44. The number of nitriles is 1. The zero-order chi connectivity index (χ0) is 21.6. The minimum absolute atomic E-state index is 0.138. The van der Waals surface area contributed by atoms with Crippen molar-refractivity contribution >= 4 is 21.7 Å². The summed E-state index contributed by atoms with van der Waals surface area (Å²) in [6.45, 7) is 1.92. The SMILES string of the molecule is CCOC(=O)Cc1cccc(S(=O)(=O)Nc2c(C#N)cccc2-c2ccccc2)n1. The molecule has 1 heterocycles. The molecule has 2 aromatic carbocycles. The van der Waals surface area contributed by atoms with Crippen LogP contribution in [0.15, 0.2) is 71.8 Å². The van der Waals surface area contributed by atoms with Gasteiger partial charge in [0.2, 0.25) is 0 Å². The van der Waals surface area contributed by atoms with Gasteiger partial charge in [0.05, 0.1) is 30.0 Å². The highest BCUT2D eigenvalue weighted by atomic mass is 32.2. The predicted molar refractivity (Wildman–Crippen MR) is 112 cm³/mol. The van der Waals surface area contributed by atoms with Crippen LogP contribution in [-0.4, -0.2) is 26.0 Å². The number of esters is 1. The van der Waals surface area contributed by atoms with E-state index in [1.807, 2.05) is 36.4 Å². The number of carbonyl (C=O) groups is 1. The number of sulfonamides is 1. The molecule has 0 aliphatic heterocycles. The number of aromatic nitrogens is 1. The van der Waals surface area contributed by atoms with E-state index in [1.165, 1.54) is 18.2 Å². The maximum absolute atomic E-state index is 13.0.